The number of aromatic nitrogens is 7. The van der Waals surface area contributed by atoms with Gasteiger partial charge in [-0.1, -0.05) is 0 Å². The predicted octanol–water partition coefficient (Wildman–Crippen LogP) is 4.61. The Kier molecular flexibility index (Phi) is 4.45. The van der Waals surface area contributed by atoms with Crippen molar-refractivity contribution in [2.75, 3.05) is 5.73 Å². The Bertz CT molecular complexity index is 1730. The van der Waals surface area contributed by atoms with Crippen molar-refractivity contribution >= 4 is 44.9 Å². The van der Waals surface area contributed by atoms with Crippen molar-refractivity contribution in [2.24, 2.45) is 0 Å². The molecular formula is C23H15FN8OS. The van der Waals surface area contributed by atoms with Gasteiger partial charge in [0.1, 0.15) is 16.9 Å². The number of nitrogen functional groups attached to an aromatic ring is 1. The predicted molar refractivity (Wildman–Crippen MR) is 128 cm³/mol. The van der Waals surface area contributed by atoms with E-state index in [1.54, 1.807) is 18.3 Å². The van der Waals surface area contributed by atoms with Crippen LogP contribution in [-0.2, 0) is 0 Å². The lowest BCUT2D eigenvalue weighted by Crippen LogP contribution is -1.94. The number of hydrogen-bond acceptors (Lipinski definition) is 8. The van der Waals surface area contributed by atoms with Crippen LogP contribution in [0.15, 0.2) is 49.1 Å². The minimum atomic E-state index is -0.563. The molecule has 0 aliphatic heterocycles. The molecule has 0 spiro atoms. The summed E-state index contributed by atoms with van der Waals surface area (Å²) in [4.78, 5) is 33.7. The average Bonchev–Trinajstić information content (AvgIpc) is 3.56. The number of rotatable bonds is 4. The van der Waals surface area contributed by atoms with Gasteiger partial charge >= 0.3 is 0 Å². The summed E-state index contributed by atoms with van der Waals surface area (Å²) in [6.45, 7) is 1.53. The van der Waals surface area contributed by atoms with Gasteiger partial charge in [-0.05, 0) is 31.2 Å². The Hall–Kier alpha value is -4.51. The summed E-state index contributed by atoms with van der Waals surface area (Å²) in [5.74, 6) is -0.208. The fourth-order valence-electron chi connectivity index (χ4n) is 3.83. The molecule has 0 atom stereocenters. The van der Waals surface area contributed by atoms with Gasteiger partial charge in [-0.2, -0.15) is 5.10 Å². The van der Waals surface area contributed by atoms with Gasteiger partial charge in [-0.15, -0.1) is 11.3 Å². The highest BCUT2D eigenvalue weighted by Crippen LogP contribution is 2.36. The van der Waals surface area contributed by atoms with Crippen molar-refractivity contribution in [2.45, 2.75) is 6.92 Å². The molecule has 0 saturated heterocycles. The molecule has 0 aliphatic carbocycles. The molecule has 34 heavy (non-hydrogen) atoms. The van der Waals surface area contributed by atoms with E-state index < -0.39 is 5.82 Å². The smallest absolute Gasteiger partial charge is 0.169 e. The number of nitrogens with two attached hydrogens (primary N) is 1. The Morgan fingerprint density at radius 2 is 2.00 bits per heavy atom. The molecular weight excluding hydrogens is 455 g/mol. The Labute approximate surface area is 194 Å². The van der Waals surface area contributed by atoms with Crippen molar-refractivity contribution in [3.63, 3.8) is 0 Å². The van der Waals surface area contributed by atoms with E-state index in [1.807, 2.05) is 12.1 Å². The first-order chi connectivity index (χ1) is 16.5. The molecule has 0 aliphatic rings. The van der Waals surface area contributed by atoms with Crippen molar-refractivity contribution in [3.05, 3.63) is 59.7 Å². The zero-order chi connectivity index (χ0) is 23.4. The molecule has 9 nitrogen and oxygen atoms in total. The van der Waals surface area contributed by atoms with Crippen LogP contribution in [0.25, 0.3) is 55.3 Å². The van der Waals surface area contributed by atoms with Gasteiger partial charge in [0.2, 0.25) is 0 Å². The van der Waals surface area contributed by atoms with Gasteiger partial charge in [0, 0.05) is 34.6 Å². The van der Waals surface area contributed by atoms with Gasteiger partial charge < -0.3 is 10.7 Å². The molecule has 0 bridgehead atoms. The molecule has 0 amide bonds. The maximum atomic E-state index is 15.7. The zero-order valence-corrected chi connectivity index (χ0v) is 18.4. The number of hydrogen-bond donors (Lipinski definition) is 3. The molecule has 0 radical (unpaired) electrons. The summed E-state index contributed by atoms with van der Waals surface area (Å²) >= 11 is 1.38. The van der Waals surface area contributed by atoms with Crippen molar-refractivity contribution in [1.82, 2.24) is 35.1 Å². The number of carbonyl (C=O) groups excluding carboxylic acids is 1. The second kappa shape index (κ2) is 7.52. The number of pyridine rings is 3. The zero-order valence-electron chi connectivity index (χ0n) is 17.6. The maximum absolute atomic E-state index is 15.7. The van der Waals surface area contributed by atoms with Crippen LogP contribution in [0.2, 0.25) is 0 Å². The highest BCUT2D eigenvalue weighted by molar-refractivity contribution is 7.17. The molecule has 0 aromatic carbocycles. The molecule has 4 N–H and O–H groups in total. The summed E-state index contributed by atoms with van der Waals surface area (Å²) in [6, 6.07) is 7.11. The quantitative estimate of drug-likeness (QED) is 0.320. The molecule has 6 rings (SSSR count). The summed E-state index contributed by atoms with van der Waals surface area (Å²) in [5.41, 5.74) is 9.45. The Balaban J connectivity index is 1.52. The maximum Gasteiger partial charge on any atom is 0.169 e. The van der Waals surface area contributed by atoms with E-state index in [9.17, 15) is 4.79 Å². The van der Waals surface area contributed by atoms with Crippen LogP contribution in [0.4, 0.5) is 10.1 Å². The number of aromatic amines is 2. The first-order valence-electron chi connectivity index (χ1n) is 10.2. The van der Waals surface area contributed by atoms with Crippen molar-refractivity contribution < 1.29 is 9.18 Å². The van der Waals surface area contributed by atoms with Gasteiger partial charge in [-0.25, -0.2) is 14.4 Å². The second-order valence-corrected chi connectivity index (χ2v) is 8.73. The summed E-state index contributed by atoms with van der Waals surface area (Å²) in [6.07, 6.45) is 6.15. The van der Waals surface area contributed by atoms with Crippen molar-refractivity contribution in [3.8, 4) is 33.2 Å². The second-order valence-electron chi connectivity index (χ2n) is 7.65. The van der Waals surface area contributed by atoms with E-state index in [0.29, 0.717) is 44.3 Å². The molecule has 6 aromatic rings. The first-order valence-corrected chi connectivity index (χ1v) is 11.0. The molecule has 6 heterocycles. The number of fused-ring (bicyclic) bond motifs is 2. The number of Topliss-reactive ketones (excluding diaryl/α,β-unsaturated/α-hetero) is 1. The molecule has 11 heteroatoms. The minimum absolute atomic E-state index is 0.00233. The van der Waals surface area contributed by atoms with Gasteiger partial charge in [0.15, 0.2) is 23.1 Å². The fourth-order valence-corrected chi connectivity index (χ4v) is 4.76. The van der Waals surface area contributed by atoms with Crippen LogP contribution in [0.5, 0.6) is 0 Å². The number of halogens is 1. The topological polar surface area (TPSA) is 139 Å². The highest BCUT2D eigenvalue weighted by atomic mass is 32.1. The minimum Gasteiger partial charge on any atom is -0.397 e. The third kappa shape index (κ3) is 3.13. The monoisotopic (exact) mass is 470 g/mol. The highest BCUT2D eigenvalue weighted by Gasteiger charge is 2.22. The standard InChI is InChI=1S/C23H15FN8OS/c1-10(33)15-2-3-16(34-15)13-4-5-27-22-20(13)29-23(30-22)21-17-14(31-32-21)9-28-19(18(17)24)11-6-12(25)8-26-7-11/h2-9H,25H2,1H3,(H,31,32)(H,27,29,30). The molecule has 0 fully saturated rings. The number of imidazole rings is 1. The van der Waals surface area contributed by atoms with E-state index in [0.717, 1.165) is 10.4 Å². The number of thiophene rings is 1. The Morgan fingerprint density at radius 3 is 2.79 bits per heavy atom. The third-order valence-corrected chi connectivity index (χ3v) is 6.62. The summed E-state index contributed by atoms with van der Waals surface area (Å²) in [7, 11) is 0. The lowest BCUT2D eigenvalue weighted by molar-refractivity contribution is 0.102. The lowest BCUT2D eigenvalue weighted by Gasteiger charge is -2.04. The van der Waals surface area contributed by atoms with Crippen LogP contribution < -0.4 is 5.73 Å². The number of H-pyrrole nitrogens is 2. The van der Waals surface area contributed by atoms with E-state index in [-0.39, 0.29) is 16.9 Å². The third-order valence-electron chi connectivity index (χ3n) is 5.40. The summed E-state index contributed by atoms with van der Waals surface area (Å²) in [5, 5.41) is 7.35. The van der Waals surface area contributed by atoms with Crippen molar-refractivity contribution in [1.29, 1.82) is 0 Å². The van der Waals surface area contributed by atoms with Crippen LogP contribution >= 0.6 is 11.3 Å². The SMILES string of the molecule is CC(=O)c1ccc(-c2ccnc3[nH]c(-c4n[nH]c5cnc(-c6cncc(N)c6)c(F)c45)nc23)s1. The summed E-state index contributed by atoms with van der Waals surface area (Å²) < 4.78 is 15.7. The Morgan fingerprint density at radius 1 is 1.12 bits per heavy atom. The van der Waals surface area contributed by atoms with E-state index in [1.165, 1.54) is 36.9 Å². The van der Waals surface area contributed by atoms with Crippen LogP contribution in [-0.4, -0.2) is 40.9 Å². The van der Waals surface area contributed by atoms with Gasteiger partial charge in [0.05, 0.1) is 27.7 Å². The molecule has 0 saturated carbocycles. The van der Waals surface area contributed by atoms with E-state index >= 15 is 4.39 Å². The molecule has 166 valence electrons. The molecule has 6 aromatic heterocycles. The normalized spacial score (nSPS) is 11.5. The number of anilines is 1. The number of nitrogens with one attached hydrogen (secondary N) is 2. The first kappa shape index (κ1) is 20.1. The van der Waals surface area contributed by atoms with Crippen LogP contribution in [0.1, 0.15) is 16.6 Å². The van der Waals surface area contributed by atoms with Crippen LogP contribution in [0.3, 0.4) is 0 Å². The average molecular weight is 470 g/mol. The van der Waals surface area contributed by atoms with E-state index in [2.05, 4.69) is 30.1 Å². The number of ketones is 1. The number of carbonyl (C=O) groups is 1. The fraction of sp³-hybridized carbons (Fsp3) is 0.0435. The van der Waals surface area contributed by atoms with Gasteiger partial charge in [0.25, 0.3) is 0 Å². The van der Waals surface area contributed by atoms with Crippen LogP contribution in [0, 0.1) is 5.82 Å². The number of nitrogens with zero attached hydrogens (tertiary/aromatic N) is 5. The van der Waals surface area contributed by atoms with E-state index in [4.69, 9.17) is 10.7 Å². The largest absolute Gasteiger partial charge is 0.397 e. The molecule has 0 unspecified atom stereocenters. The van der Waals surface area contributed by atoms with Gasteiger partial charge in [-0.3, -0.25) is 19.9 Å². The lowest BCUT2D eigenvalue weighted by atomic mass is 10.1.